The van der Waals surface area contributed by atoms with Gasteiger partial charge in [0, 0.05) is 34.0 Å². The molecule has 0 aliphatic carbocycles. The molecule has 16 N–H and O–H groups in total. The third-order valence-electron chi connectivity index (χ3n) is 16.6. The van der Waals surface area contributed by atoms with Crippen molar-refractivity contribution in [3.63, 3.8) is 0 Å². The Bertz CT molecular complexity index is 5680. The Hall–Kier alpha value is 10.0. The van der Waals surface area contributed by atoms with Gasteiger partial charge in [-0.25, -0.2) is 58.6 Å². The number of carbonyl (C=O) groups excluding carboxylic acids is 2. The van der Waals surface area contributed by atoms with Gasteiger partial charge >= 0.3 is 559 Å². The molecule has 66 nitrogen and oxygen atoms in total. The van der Waals surface area contributed by atoms with Crippen LogP contribution < -0.4 is 424 Å². The third-order valence-corrected chi connectivity index (χ3v) is 25.3. The summed E-state index contributed by atoms with van der Waals surface area (Å²) in [6, 6.07) is 9.32. The number of amides is 2. The van der Waals surface area contributed by atoms with E-state index >= 15 is 0 Å². The van der Waals surface area contributed by atoms with Crippen LogP contribution in [0, 0.1) is 0 Å². The van der Waals surface area contributed by atoms with Crippen molar-refractivity contribution in [2.75, 3.05) is 37.1 Å². The van der Waals surface area contributed by atoms with Crippen molar-refractivity contribution in [2.45, 2.75) is 208 Å². The van der Waals surface area contributed by atoms with Crippen molar-refractivity contribution in [3.8, 4) is 0 Å². The second-order valence-corrected chi connectivity index (χ2v) is 43.7. The molecule has 0 bridgehead atoms. The summed E-state index contributed by atoms with van der Waals surface area (Å²) in [6.07, 6.45) is -49.4. The molecule has 0 unspecified atom stereocenters. The molecular weight excluding hydrogens is 2490 g/mol. The van der Waals surface area contributed by atoms with Gasteiger partial charge in [0.1, 0.15) is 96.3 Å². The van der Waals surface area contributed by atoms with Crippen molar-refractivity contribution in [1.29, 1.82) is 0 Å². The number of anilines is 2. The maximum absolute atomic E-state index is 13.0. The van der Waals surface area contributed by atoms with Gasteiger partial charge in [0.25, 0.3) is 0 Å². The first-order chi connectivity index (χ1) is 59.9. The molecule has 2 aromatic rings. The number of rotatable bonds is 55. The first-order valence-corrected chi connectivity index (χ1v) is 55.9. The number of carbonyl (C=O) groups is 2. The molecule has 0 aromatic heterocycles. The molecule has 4 heterocycles. The molecule has 4 fully saturated rings. The van der Waals surface area contributed by atoms with Gasteiger partial charge in [0.15, 0.2) is 24.8 Å². The van der Waals surface area contributed by atoms with E-state index in [1.54, 1.807) is 0 Å². The fraction of sp³-hybridized carbons (Fsp3) is 0.720. The van der Waals surface area contributed by atoms with E-state index in [-0.39, 0.29) is 471 Å². The number of nitrogens with one attached hydrogen (secondary N) is 2. The van der Waals surface area contributed by atoms with Crippen molar-refractivity contribution in [1.82, 2.24) is 0 Å². The summed E-state index contributed by atoms with van der Waals surface area (Å²) < 4.78 is 568. The molecule has 0 spiro atoms. The Morgan fingerprint density at radius 1 is 0.233 bits per heavy atom. The average Bonchev–Trinajstić information content (AvgIpc) is 0.754. The van der Waals surface area contributed by atoms with Crippen LogP contribution in [0.2, 0.25) is 0 Å². The molecule has 146 heavy (non-hydrogen) atoms. The number of benzene rings is 2. The Kier molecular flexibility index (Phi) is 90.3. The fourth-order valence-electron chi connectivity index (χ4n) is 12.1. The fourth-order valence-corrected chi connectivity index (χ4v) is 20.7. The number of unbranched alkanes of at least 4 members (excludes halogenated alkanes) is 9. The van der Waals surface area contributed by atoms with E-state index in [2.05, 4.69) is 69.2 Å². The third kappa shape index (κ3) is 72.5. The van der Waals surface area contributed by atoms with Crippen molar-refractivity contribution in [2.24, 2.45) is 0 Å². The van der Waals surface area contributed by atoms with Gasteiger partial charge in [-0.1, -0.05) is 74.9 Å². The van der Waals surface area contributed by atoms with Gasteiger partial charge in [-0.05, 0) is 61.4 Å². The van der Waals surface area contributed by atoms with E-state index in [1.165, 1.54) is 24.3 Å². The summed E-state index contributed by atoms with van der Waals surface area (Å²) >= 11 is 0.442. The topological polar surface area (TPSA) is 1000 Å². The SMILES string of the molecule is O=C(CCCCCCCCCCCCC(=O)Nc1ccc(S[C@@H]2O[C@H](COS(=O)(=O)O)[C@@H](O[C@@H]3O[C@H](COS(=O)(=O)O)[C@@H](OS(=O)(=O)O)[C@H](OS(=O)(=O)O)[C@H]3OS(=O)(=O)O)[C@H](OS(=O)(=O)O)[C@H]2OS(=O)(=O)O)cc1)Nc1ccc(S[C@@H]2O[C@H](COS(=O)(=O)O)[C@@H](O[C@@H]3O[C@H](COS(=O)(=O)O)[C@@H](OS(=O)(=O)O)[C@H](OS(=O)(=O)O)[C@H]3OS(=O)(=O)O)[C@H](OS(=O)(=O)O)[C@H]2OS(=O)(=O)O)cc1.[Na+].[Na+].[Na+].[Na+].[Na+].[Na+].[Na+].[Na+].[Na+].[Na+].[Na+].[Na+].[Na+].[Na+]. The minimum Gasteiger partial charge on any atom is -0.356 e. The Morgan fingerprint density at radius 3 is 0.616 bits per heavy atom. The maximum atomic E-state index is 13.0. The van der Waals surface area contributed by atoms with E-state index in [9.17, 15) is 191 Å². The van der Waals surface area contributed by atoms with Crippen molar-refractivity contribution < 1.29 is 692 Å². The molecule has 766 valence electrons. The van der Waals surface area contributed by atoms with Crippen LogP contribution in [0.4, 0.5) is 11.4 Å². The summed E-state index contributed by atoms with van der Waals surface area (Å²) in [4.78, 5) is 25.7. The second-order valence-electron chi connectivity index (χ2n) is 26.5. The van der Waals surface area contributed by atoms with E-state index in [0.717, 1.165) is 37.1 Å². The maximum Gasteiger partial charge on any atom is 1.00 e. The summed E-state index contributed by atoms with van der Waals surface area (Å²) in [7, 11) is -84.5. The quantitative estimate of drug-likeness (QED) is 0.0166. The van der Waals surface area contributed by atoms with Crippen LogP contribution in [0.25, 0.3) is 0 Å². The van der Waals surface area contributed by atoms with Crippen LogP contribution in [-0.4, -0.2) is 341 Å². The number of hydrogen-bond acceptors (Lipinski definition) is 52. The molecule has 2 aromatic carbocycles. The molecule has 4 aliphatic heterocycles. The first kappa shape index (κ1) is 173. The normalized spacial score (nSPS) is 24.8. The van der Waals surface area contributed by atoms with Gasteiger partial charge in [-0.2, -0.15) is 118 Å². The zero-order valence-electron chi connectivity index (χ0n) is 78.7. The number of thioether (sulfide) groups is 2. The van der Waals surface area contributed by atoms with Gasteiger partial charge in [0.2, 0.25) is 11.8 Å². The predicted molar refractivity (Wildman–Crippen MR) is 416 cm³/mol. The van der Waals surface area contributed by atoms with E-state index in [4.69, 9.17) is 28.4 Å². The van der Waals surface area contributed by atoms with Gasteiger partial charge in [-0.15, -0.1) is 0 Å². The van der Waals surface area contributed by atoms with Gasteiger partial charge in [-0.3, -0.25) is 73.3 Å². The van der Waals surface area contributed by atoms with Crippen LogP contribution in [0.3, 0.4) is 0 Å². The monoisotopic (exact) mass is 2560 g/mol. The summed E-state index contributed by atoms with van der Waals surface area (Å²) in [5.41, 5.74) is -4.51. The first-order valence-electron chi connectivity index (χ1n) is 35.0. The van der Waals surface area contributed by atoms with Crippen LogP contribution in [0.15, 0.2) is 58.3 Å². The van der Waals surface area contributed by atoms with Crippen molar-refractivity contribution in [3.05, 3.63) is 48.5 Å². The zero-order chi connectivity index (χ0) is 100.0. The van der Waals surface area contributed by atoms with Crippen LogP contribution in [-0.2, 0) is 242 Å². The molecule has 4 saturated heterocycles. The van der Waals surface area contributed by atoms with Crippen LogP contribution >= 0.6 is 23.5 Å². The smallest absolute Gasteiger partial charge is 0.356 e. The minimum absolute atomic E-state index is 0. The predicted octanol–water partition coefficient (Wildman–Crippen LogP) is -46.0. The van der Waals surface area contributed by atoms with Crippen LogP contribution in [0.5, 0.6) is 0 Å². The molecule has 20 atom stereocenters. The van der Waals surface area contributed by atoms with E-state index < -0.39 is 305 Å². The van der Waals surface area contributed by atoms with E-state index in [0.29, 0.717) is 51.4 Å². The van der Waals surface area contributed by atoms with Crippen LogP contribution in [0.1, 0.15) is 77.0 Å². The Morgan fingerprint density at radius 2 is 0.411 bits per heavy atom. The molecule has 0 radical (unpaired) electrons. The Balaban J connectivity index is -0.00000192. The molecule has 4 aliphatic rings. The number of ether oxygens (including phenoxy) is 6. The summed E-state index contributed by atoms with van der Waals surface area (Å²) in [5.74, 6) is -1.08. The Labute approximate surface area is 1160 Å². The molecule has 96 heteroatoms. The largest absolute Gasteiger partial charge is 1.00 e. The molecule has 0 saturated carbocycles. The van der Waals surface area contributed by atoms with E-state index in [1.807, 2.05) is 0 Å². The average molecular weight is 2560 g/mol. The van der Waals surface area contributed by atoms with Crippen molar-refractivity contribution >= 4 is 192 Å². The number of hydrogen-bond donors (Lipinski definition) is 16. The summed E-state index contributed by atoms with van der Waals surface area (Å²) in [5, 5.41) is 5.14. The standard InChI is InChI=1S/C50H76N2O64S16.14Na/c53-33(51-25-13-17-27(18-14-25)117-49-45(115-131(91,92)93)39(109-125(73,74)75)35(29(103-49)21-97-119(55,56)57)105-47-43(113-129(85,86)87)41(111-127(79,80)81)37(107-123(67,68)69)31(101-47)23-99-121(61,62)63)11-9-7-5-3-1-2-4-6-8-10-12-34(54)52-26-15-19-28(20-16-26)118-50-46(116-132(94,95)96)40(110-126(76,77)78)36(30(104-50)22-98-120(58,59)60)106-48-44(114-130(88,89)90)42(112-128(82,83)84)38(108-124(70,71)72)32(102-48)24-100-122(64,65)66;;;;;;;;;;;;;;/h13-20,29-32,35-50H,1-12,21-24H2,(H,51,53)(H,52,54)(H,55,56,57)(H,58,59,60)(H,61,62,63)(H,64,65,66)(H,67,68,69)(H,70,71,72)(H,73,74,75)(H,76,77,78)(H,79,80,81)(H,82,83,84)(H,85,86,87)(H,88,89,90)(H,91,92,93)(H,94,95,96);;;;;;;;;;;;;;/q;14*+1/t29-,30-,31-,32-,35-,36-,37-,38-,39+,40+,41+,42+,43-,44-,45-,46-,47+,48+,49+,50+;;;;;;;;;;;;;;/m1............../s1. The molecular formula is C50H76N2Na14O64S16+14. The zero-order valence-corrected chi connectivity index (χ0v) is 120. The summed E-state index contributed by atoms with van der Waals surface area (Å²) in [6.45, 7) is -7.37. The van der Waals surface area contributed by atoms with Gasteiger partial charge in [0.05, 0.1) is 26.4 Å². The minimum atomic E-state index is -6.24. The second kappa shape index (κ2) is 76.0. The molecule has 2 amide bonds. The van der Waals surface area contributed by atoms with Gasteiger partial charge < -0.3 is 39.1 Å². The molecule has 6 rings (SSSR count).